The van der Waals surface area contributed by atoms with E-state index in [4.69, 9.17) is 1.34 Å². The highest BCUT2D eigenvalue weighted by Crippen LogP contribution is 2.02. The van der Waals surface area contributed by atoms with E-state index in [1.807, 2.05) is 0 Å². The molecule has 2 nitrogen and oxygen atoms in total. The first-order chi connectivity index (χ1) is 5.00. The Morgan fingerprint density at radius 3 is 1.70 bits per heavy atom. The van der Waals surface area contributed by atoms with Crippen molar-refractivity contribution >= 4 is 19.4 Å². The van der Waals surface area contributed by atoms with Crippen LogP contribution in [-0.4, -0.2) is 20.7 Å². The summed E-state index contributed by atoms with van der Waals surface area (Å²) in [6.45, 7) is 4.32. The Balaban J connectivity index is 4.88. The Morgan fingerprint density at radius 2 is 1.60 bits per heavy atom. The molecule has 0 N–H and O–H groups in total. The molecule has 0 spiro atoms. The quantitative estimate of drug-likeness (QED) is 0.240. The number of carbonyl (C=O) groups is 2. The SMILES string of the molecule is [2H]BC(C)=C(C(C)=O)C(C)=O. The minimum atomic E-state index is -0.248. The number of carbonyl (C=O) groups excluding carboxylic acids is 2. The van der Waals surface area contributed by atoms with Crippen molar-refractivity contribution in [2.45, 2.75) is 20.8 Å². The van der Waals surface area contributed by atoms with Gasteiger partial charge in [-0.3, -0.25) is 9.59 Å². The molecule has 0 aliphatic carbocycles. The van der Waals surface area contributed by atoms with Crippen LogP contribution in [0.3, 0.4) is 0 Å². The maximum atomic E-state index is 10.8. The summed E-state index contributed by atoms with van der Waals surface area (Å²) in [5.74, 6) is -0.496. The zero-order chi connectivity index (χ0) is 9.02. The number of allylic oxidation sites excluding steroid dienone is 2. The summed E-state index contributed by atoms with van der Waals surface area (Å²) < 4.78 is 6.96. The van der Waals surface area contributed by atoms with E-state index >= 15 is 0 Å². The van der Waals surface area contributed by atoms with E-state index in [2.05, 4.69) is 0 Å². The molecular weight excluding hydrogens is 127 g/mol. The summed E-state index contributed by atoms with van der Waals surface area (Å²) in [5.41, 5.74) is 0.727. The van der Waals surface area contributed by atoms with E-state index in [1.165, 1.54) is 13.8 Å². The van der Waals surface area contributed by atoms with Gasteiger partial charge in [0.25, 0.3) is 0 Å². The summed E-state index contributed by atoms with van der Waals surface area (Å²) in [6.07, 6.45) is 0. The fraction of sp³-hybridized carbons (Fsp3) is 0.429. The van der Waals surface area contributed by atoms with Crippen LogP contribution in [0.5, 0.6) is 0 Å². The minimum Gasteiger partial charge on any atom is -0.294 e. The normalized spacial score (nSPS) is 9.70. The van der Waals surface area contributed by atoms with Crippen LogP contribution in [0.2, 0.25) is 0 Å². The molecule has 0 bridgehead atoms. The lowest BCUT2D eigenvalue weighted by Gasteiger charge is -1.99. The topological polar surface area (TPSA) is 34.1 Å². The van der Waals surface area contributed by atoms with Crippen molar-refractivity contribution in [1.82, 2.24) is 0 Å². The largest absolute Gasteiger partial charge is 0.294 e. The monoisotopic (exact) mass is 139 g/mol. The summed E-state index contributed by atoms with van der Waals surface area (Å²) in [6, 6.07) is 0. The molecule has 3 heteroatoms. The predicted molar refractivity (Wildman–Crippen MR) is 42.6 cm³/mol. The van der Waals surface area contributed by atoms with Crippen molar-refractivity contribution < 1.29 is 9.59 Å². The Kier molecular flexibility index (Phi) is 2.43. The number of hydrogen-bond donors (Lipinski definition) is 0. The highest BCUT2D eigenvalue weighted by Gasteiger charge is 2.09. The molecule has 0 fully saturated rings. The lowest BCUT2D eigenvalue weighted by molar-refractivity contribution is -0.119. The van der Waals surface area contributed by atoms with Crippen LogP contribution >= 0.6 is 0 Å². The van der Waals surface area contributed by atoms with E-state index in [9.17, 15) is 9.59 Å². The van der Waals surface area contributed by atoms with Gasteiger partial charge in [-0.2, -0.15) is 0 Å². The van der Waals surface area contributed by atoms with Gasteiger partial charge in [0.2, 0.25) is 0 Å². The zero-order valence-corrected chi connectivity index (χ0v) is 6.52. The van der Waals surface area contributed by atoms with Crippen molar-refractivity contribution in [1.29, 1.82) is 1.34 Å². The second-order valence-electron chi connectivity index (χ2n) is 2.27. The van der Waals surface area contributed by atoms with Crippen molar-refractivity contribution in [2.24, 2.45) is 0 Å². The minimum absolute atomic E-state index is 0.00843. The maximum absolute atomic E-state index is 10.8. The van der Waals surface area contributed by atoms with Crippen molar-refractivity contribution in [3.8, 4) is 0 Å². The molecule has 0 aliphatic heterocycles. The average Bonchev–Trinajstić information content (AvgIpc) is 1.85. The van der Waals surface area contributed by atoms with Gasteiger partial charge in [0.15, 0.2) is 11.6 Å². The van der Waals surface area contributed by atoms with Gasteiger partial charge in [-0.25, -0.2) is 0 Å². The third-order valence-corrected chi connectivity index (χ3v) is 1.13. The highest BCUT2D eigenvalue weighted by atomic mass is 16.1. The van der Waals surface area contributed by atoms with Crippen LogP contribution in [0, 0.1) is 0 Å². The van der Waals surface area contributed by atoms with E-state index in [1.54, 1.807) is 6.92 Å². The standard InChI is InChI=1S/C7H11BO2/c1-4(8)7(5(2)9)6(3)10/h8H2,1-3H3/i8D. The second kappa shape index (κ2) is 3.35. The smallest absolute Gasteiger partial charge is 0.162 e. The Hall–Kier alpha value is -0.855. The molecule has 0 atom stereocenters. The Bertz CT molecular complexity index is 204. The highest BCUT2D eigenvalue weighted by molar-refractivity contribution is 6.31. The Morgan fingerprint density at radius 1 is 1.20 bits per heavy atom. The van der Waals surface area contributed by atoms with Gasteiger partial charge in [0.1, 0.15) is 7.81 Å². The van der Waals surface area contributed by atoms with Gasteiger partial charge >= 0.3 is 0 Å². The summed E-state index contributed by atoms with van der Waals surface area (Å²) in [7, 11) is 0.00843. The molecule has 0 saturated carbocycles. The Labute approximate surface area is 63.1 Å². The van der Waals surface area contributed by atoms with Gasteiger partial charge in [-0.15, -0.1) is 0 Å². The molecule has 0 rings (SSSR count). The van der Waals surface area contributed by atoms with E-state index in [0.29, 0.717) is 5.47 Å². The van der Waals surface area contributed by atoms with E-state index in [0.717, 1.165) is 0 Å². The number of hydrogen-bond acceptors (Lipinski definition) is 2. The van der Waals surface area contributed by atoms with E-state index < -0.39 is 0 Å². The van der Waals surface area contributed by atoms with Crippen LogP contribution in [-0.2, 0) is 9.59 Å². The third kappa shape index (κ3) is 2.17. The van der Waals surface area contributed by atoms with Gasteiger partial charge in [0.05, 0.1) is 0 Å². The first-order valence-electron chi connectivity index (χ1n) is 3.72. The third-order valence-electron chi connectivity index (χ3n) is 1.13. The molecule has 0 aromatic carbocycles. The van der Waals surface area contributed by atoms with Gasteiger partial charge in [-0.05, 0) is 15.2 Å². The van der Waals surface area contributed by atoms with Crippen LogP contribution in [0.25, 0.3) is 0 Å². The molecule has 10 heavy (non-hydrogen) atoms. The van der Waals surface area contributed by atoms with Crippen LogP contribution < -0.4 is 0 Å². The fourth-order valence-electron chi connectivity index (χ4n) is 0.849. The molecule has 0 unspecified atom stereocenters. The van der Waals surface area contributed by atoms with Gasteiger partial charge in [0, 0.05) is 5.57 Å². The van der Waals surface area contributed by atoms with Gasteiger partial charge < -0.3 is 0 Å². The van der Waals surface area contributed by atoms with Crippen LogP contribution in [0.4, 0.5) is 0 Å². The summed E-state index contributed by atoms with van der Waals surface area (Å²) in [5, 5.41) is 0. The second-order valence-corrected chi connectivity index (χ2v) is 2.27. The molecule has 0 amide bonds. The molecule has 0 heterocycles. The molecule has 0 saturated heterocycles. The average molecular weight is 139 g/mol. The maximum Gasteiger partial charge on any atom is 0.162 e. The molecule has 0 aliphatic rings. The first-order valence-corrected chi connectivity index (χ1v) is 3.01. The van der Waals surface area contributed by atoms with Crippen molar-refractivity contribution in [3.63, 3.8) is 0 Å². The lowest BCUT2D eigenvalue weighted by Crippen LogP contribution is -2.08. The first kappa shape index (κ1) is 7.25. The molecule has 0 aromatic heterocycles. The molecule has 0 radical (unpaired) electrons. The lowest BCUT2D eigenvalue weighted by atomic mass is 9.88. The van der Waals surface area contributed by atoms with E-state index in [-0.39, 0.29) is 24.9 Å². The fourth-order valence-corrected chi connectivity index (χ4v) is 0.849. The predicted octanol–water partition coefficient (Wildman–Crippen LogP) is 0.0715. The van der Waals surface area contributed by atoms with Gasteiger partial charge in [-0.1, -0.05) is 12.4 Å². The number of rotatable bonds is 3. The van der Waals surface area contributed by atoms with Crippen molar-refractivity contribution in [3.05, 3.63) is 11.0 Å². The summed E-state index contributed by atoms with van der Waals surface area (Å²) >= 11 is 0. The number of ketones is 2. The molecular formula is C7H11BO2. The molecule has 54 valence electrons. The van der Waals surface area contributed by atoms with Crippen LogP contribution in [0.1, 0.15) is 20.8 Å². The zero-order valence-electron chi connectivity index (χ0n) is 7.52. The number of Topliss-reactive ketones (excluding diaryl/α,β-unsaturated/α-hetero) is 2. The molecule has 0 aromatic rings. The van der Waals surface area contributed by atoms with Crippen LogP contribution in [0.15, 0.2) is 11.0 Å². The summed E-state index contributed by atoms with van der Waals surface area (Å²) in [4.78, 5) is 21.6. The van der Waals surface area contributed by atoms with Crippen molar-refractivity contribution in [2.75, 3.05) is 0 Å².